The number of nitriles is 1. The number of nitrogen functional groups attached to an aromatic ring is 1. The molecule has 0 radical (unpaired) electrons. The van der Waals surface area contributed by atoms with Crippen molar-refractivity contribution in [1.29, 1.82) is 5.26 Å². The first-order chi connectivity index (χ1) is 15.9. The smallest absolute Gasteiger partial charge is 0.254 e. The molecular formula is C26H25N5O2. The van der Waals surface area contributed by atoms with E-state index in [2.05, 4.69) is 21.5 Å². The average Bonchev–Trinajstić information content (AvgIpc) is 2.81. The summed E-state index contributed by atoms with van der Waals surface area (Å²) in [7, 11) is 1.55. The first-order valence-corrected chi connectivity index (χ1v) is 10.4. The largest absolute Gasteiger partial charge is 0.456 e. The Kier molecular flexibility index (Phi) is 7.17. The lowest BCUT2D eigenvalue weighted by Gasteiger charge is -2.18. The summed E-state index contributed by atoms with van der Waals surface area (Å²) in [5.41, 5.74) is 11.7. The van der Waals surface area contributed by atoms with Gasteiger partial charge < -0.3 is 21.1 Å². The van der Waals surface area contributed by atoms with Gasteiger partial charge in [0.25, 0.3) is 5.91 Å². The quantitative estimate of drug-likeness (QED) is 0.319. The fourth-order valence-electron chi connectivity index (χ4n) is 3.53. The van der Waals surface area contributed by atoms with E-state index >= 15 is 0 Å². The molecule has 0 bridgehead atoms. The van der Waals surface area contributed by atoms with Crippen LogP contribution in [0.25, 0.3) is 4.85 Å². The molecule has 0 heterocycles. The van der Waals surface area contributed by atoms with Crippen molar-refractivity contribution >= 4 is 28.7 Å². The fraction of sp³-hybridized carbons (Fsp3) is 0.192. The van der Waals surface area contributed by atoms with E-state index in [-0.39, 0.29) is 5.91 Å². The van der Waals surface area contributed by atoms with Gasteiger partial charge in [-0.15, -0.1) is 0 Å². The van der Waals surface area contributed by atoms with Gasteiger partial charge in [-0.05, 0) is 55.2 Å². The SMILES string of the molecule is [C-]#[N+]c1ccc(Nc2cc(Oc3c(C)cc(CCC#N)cc3C)c(C(=O)NC)cc2N)cc1. The molecule has 0 aliphatic carbocycles. The summed E-state index contributed by atoms with van der Waals surface area (Å²) in [6, 6.07) is 16.4. The van der Waals surface area contributed by atoms with Crippen LogP contribution >= 0.6 is 0 Å². The van der Waals surface area contributed by atoms with Crippen molar-refractivity contribution in [3.63, 3.8) is 0 Å². The number of hydrogen-bond acceptors (Lipinski definition) is 5. The Labute approximate surface area is 193 Å². The van der Waals surface area contributed by atoms with Crippen LogP contribution < -0.4 is 21.1 Å². The fourth-order valence-corrected chi connectivity index (χ4v) is 3.53. The van der Waals surface area contributed by atoms with Gasteiger partial charge in [-0.25, -0.2) is 4.85 Å². The number of hydrogen-bond donors (Lipinski definition) is 3. The minimum Gasteiger partial charge on any atom is -0.456 e. The molecule has 4 N–H and O–H groups in total. The standard InChI is InChI=1S/C26H25N5O2/c1-16-12-18(6-5-11-27)13-17(2)25(16)33-24-15-23(22(28)14-21(24)26(32)30-4)31-20-9-7-19(29-3)8-10-20/h7-10,12-15,31H,5-6,28H2,1-2,4H3,(H,30,32). The maximum Gasteiger partial charge on any atom is 0.254 e. The highest BCUT2D eigenvalue weighted by molar-refractivity contribution is 5.99. The van der Waals surface area contributed by atoms with E-state index in [4.69, 9.17) is 22.3 Å². The van der Waals surface area contributed by atoms with Crippen molar-refractivity contribution in [3.05, 3.63) is 82.2 Å². The Bertz CT molecular complexity index is 1240. The third-order valence-electron chi connectivity index (χ3n) is 5.16. The van der Waals surface area contributed by atoms with Crippen LogP contribution in [-0.4, -0.2) is 13.0 Å². The summed E-state index contributed by atoms with van der Waals surface area (Å²) >= 11 is 0. The van der Waals surface area contributed by atoms with Crippen LogP contribution in [0.3, 0.4) is 0 Å². The first-order valence-electron chi connectivity index (χ1n) is 10.4. The van der Waals surface area contributed by atoms with E-state index in [1.165, 1.54) is 0 Å². The molecular weight excluding hydrogens is 414 g/mol. The molecule has 0 aromatic heterocycles. The monoisotopic (exact) mass is 439 g/mol. The highest BCUT2D eigenvalue weighted by Gasteiger charge is 2.18. The summed E-state index contributed by atoms with van der Waals surface area (Å²) in [6.45, 7) is 11.0. The molecule has 0 fully saturated rings. The predicted octanol–water partition coefficient (Wildman–Crippen LogP) is 5.79. The molecule has 0 aliphatic heterocycles. The predicted molar refractivity (Wildman–Crippen MR) is 130 cm³/mol. The summed E-state index contributed by atoms with van der Waals surface area (Å²) < 4.78 is 6.26. The molecule has 0 saturated heterocycles. The molecule has 0 aliphatic rings. The molecule has 0 saturated carbocycles. The lowest BCUT2D eigenvalue weighted by molar-refractivity contribution is 0.0961. The lowest BCUT2D eigenvalue weighted by atomic mass is 10.0. The van der Waals surface area contributed by atoms with Crippen LogP contribution in [0.2, 0.25) is 0 Å². The zero-order chi connectivity index (χ0) is 24.0. The maximum absolute atomic E-state index is 12.5. The van der Waals surface area contributed by atoms with E-state index in [1.807, 2.05) is 26.0 Å². The lowest BCUT2D eigenvalue weighted by Crippen LogP contribution is -2.19. The number of aryl methyl sites for hydroxylation is 3. The van der Waals surface area contributed by atoms with Gasteiger partial charge in [0.05, 0.1) is 29.6 Å². The maximum atomic E-state index is 12.5. The van der Waals surface area contributed by atoms with E-state index in [9.17, 15) is 4.79 Å². The van der Waals surface area contributed by atoms with Crippen LogP contribution in [-0.2, 0) is 6.42 Å². The highest BCUT2D eigenvalue weighted by atomic mass is 16.5. The van der Waals surface area contributed by atoms with E-state index < -0.39 is 0 Å². The second kappa shape index (κ2) is 10.2. The van der Waals surface area contributed by atoms with Crippen molar-refractivity contribution in [2.24, 2.45) is 0 Å². The Hall–Kier alpha value is -4.49. The summed E-state index contributed by atoms with van der Waals surface area (Å²) in [4.78, 5) is 15.9. The van der Waals surface area contributed by atoms with Crippen LogP contribution in [0.1, 0.15) is 33.5 Å². The molecule has 3 aromatic rings. The molecule has 166 valence electrons. The van der Waals surface area contributed by atoms with Gasteiger partial charge in [0.15, 0.2) is 5.69 Å². The number of carbonyl (C=O) groups is 1. The molecule has 33 heavy (non-hydrogen) atoms. The molecule has 0 spiro atoms. The van der Waals surface area contributed by atoms with Crippen LogP contribution in [0.15, 0.2) is 48.5 Å². The van der Waals surface area contributed by atoms with Crippen molar-refractivity contribution < 1.29 is 9.53 Å². The van der Waals surface area contributed by atoms with Crippen molar-refractivity contribution in [2.75, 3.05) is 18.1 Å². The first kappa shape index (κ1) is 23.2. The Morgan fingerprint density at radius 3 is 2.39 bits per heavy atom. The van der Waals surface area contributed by atoms with Gasteiger partial charge in [-0.3, -0.25) is 4.79 Å². The number of carbonyl (C=O) groups excluding carboxylic acids is 1. The third kappa shape index (κ3) is 5.41. The second-order valence-electron chi connectivity index (χ2n) is 7.62. The van der Waals surface area contributed by atoms with Gasteiger partial charge in [-0.1, -0.05) is 24.3 Å². The number of amides is 1. The minimum atomic E-state index is -0.314. The van der Waals surface area contributed by atoms with Gasteiger partial charge in [0.1, 0.15) is 11.5 Å². The Balaban J connectivity index is 2.00. The minimum absolute atomic E-state index is 0.314. The van der Waals surface area contributed by atoms with Crippen LogP contribution in [0, 0.1) is 31.8 Å². The molecule has 7 nitrogen and oxygen atoms in total. The van der Waals surface area contributed by atoms with Crippen LogP contribution in [0.5, 0.6) is 11.5 Å². The summed E-state index contributed by atoms with van der Waals surface area (Å²) in [5.74, 6) is 0.698. The number of ether oxygens (including phenoxy) is 1. The summed E-state index contributed by atoms with van der Waals surface area (Å²) in [5, 5.41) is 14.7. The number of nitrogens with one attached hydrogen (secondary N) is 2. The zero-order valence-corrected chi connectivity index (χ0v) is 18.8. The van der Waals surface area contributed by atoms with Crippen LogP contribution in [0.4, 0.5) is 22.7 Å². The van der Waals surface area contributed by atoms with Gasteiger partial charge in [0, 0.05) is 25.2 Å². The van der Waals surface area contributed by atoms with Crippen molar-refractivity contribution in [3.8, 4) is 17.6 Å². The number of rotatable bonds is 7. The number of nitrogens with zero attached hydrogens (tertiary/aromatic N) is 2. The van der Waals surface area contributed by atoms with Gasteiger partial charge in [0.2, 0.25) is 0 Å². The molecule has 0 atom stereocenters. The molecule has 1 amide bonds. The molecule has 3 rings (SSSR count). The topological polar surface area (TPSA) is 105 Å². The zero-order valence-electron chi connectivity index (χ0n) is 18.8. The van der Waals surface area contributed by atoms with Crippen molar-refractivity contribution in [2.45, 2.75) is 26.7 Å². The number of anilines is 3. The molecule has 3 aromatic carbocycles. The number of nitrogens with two attached hydrogens (primary N) is 1. The Morgan fingerprint density at radius 1 is 1.15 bits per heavy atom. The molecule has 7 heteroatoms. The highest BCUT2D eigenvalue weighted by Crippen LogP contribution is 2.37. The van der Waals surface area contributed by atoms with Gasteiger partial charge >= 0.3 is 0 Å². The number of benzene rings is 3. The van der Waals surface area contributed by atoms with E-state index in [0.717, 1.165) is 22.4 Å². The third-order valence-corrected chi connectivity index (χ3v) is 5.16. The van der Waals surface area contributed by atoms with Gasteiger partial charge in [-0.2, -0.15) is 5.26 Å². The van der Waals surface area contributed by atoms with Crippen molar-refractivity contribution in [1.82, 2.24) is 5.32 Å². The average molecular weight is 440 g/mol. The van der Waals surface area contributed by atoms with E-state index in [0.29, 0.717) is 47.0 Å². The Morgan fingerprint density at radius 2 is 1.82 bits per heavy atom. The second-order valence-corrected chi connectivity index (χ2v) is 7.62. The summed E-state index contributed by atoms with van der Waals surface area (Å²) in [6.07, 6.45) is 1.12. The normalized spacial score (nSPS) is 10.1. The molecule has 0 unspecified atom stereocenters. The van der Waals surface area contributed by atoms with E-state index in [1.54, 1.807) is 43.4 Å².